The van der Waals surface area contributed by atoms with Gasteiger partial charge in [0.1, 0.15) is 12.2 Å². The van der Waals surface area contributed by atoms with Gasteiger partial charge >= 0.3 is 5.97 Å². The number of hydrogen-bond donors (Lipinski definition) is 1. The Morgan fingerprint density at radius 3 is 2.67 bits per heavy atom. The molecule has 1 saturated carbocycles. The van der Waals surface area contributed by atoms with E-state index < -0.39 is 11.4 Å². The molecule has 1 aromatic heterocycles. The SMILES string of the molecule is CCC1CCC(Cc2ncnn2CC(C)C)(C(=O)O)CC1. The van der Waals surface area contributed by atoms with Crippen molar-refractivity contribution in [3.05, 3.63) is 12.2 Å². The van der Waals surface area contributed by atoms with Crippen LogP contribution in [0.5, 0.6) is 0 Å². The van der Waals surface area contributed by atoms with Crippen LogP contribution in [-0.2, 0) is 17.8 Å². The van der Waals surface area contributed by atoms with Crippen molar-refractivity contribution in [1.29, 1.82) is 0 Å². The molecule has 0 bridgehead atoms. The predicted molar refractivity (Wildman–Crippen MR) is 80.9 cm³/mol. The van der Waals surface area contributed by atoms with Crippen molar-refractivity contribution in [2.75, 3.05) is 0 Å². The molecule has 2 rings (SSSR count). The van der Waals surface area contributed by atoms with Gasteiger partial charge in [-0.2, -0.15) is 5.10 Å². The van der Waals surface area contributed by atoms with Gasteiger partial charge in [-0.3, -0.25) is 4.79 Å². The lowest BCUT2D eigenvalue weighted by Gasteiger charge is -2.36. The molecule has 1 heterocycles. The molecule has 0 atom stereocenters. The monoisotopic (exact) mass is 293 g/mol. The van der Waals surface area contributed by atoms with E-state index in [-0.39, 0.29) is 0 Å². The number of carboxylic acid groups (broad SMARTS) is 1. The molecule has 118 valence electrons. The third kappa shape index (κ3) is 3.63. The van der Waals surface area contributed by atoms with Crippen LogP contribution in [0.25, 0.3) is 0 Å². The first-order valence-electron chi connectivity index (χ1n) is 8.07. The van der Waals surface area contributed by atoms with Gasteiger partial charge in [0.05, 0.1) is 5.41 Å². The summed E-state index contributed by atoms with van der Waals surface area (Å²) in [5, 5.41) is 14.0. The Labute approximate surface area is 126 Å². The van der Waals surface area contributed by atoms with Gasteiger partial charge in [-0.15, -0.1) is 0 Å². The molecule has 5 nitrogen and oxygen atoms in total. The van der Waals surface area contributed by atoms with E-state index in [4.69, 9.17) is 0 Å². The zero-order chi connectivity index (χ0) is 15.5. The van der Waals surface area contributed by atoms with Gasteiger partial charge in [0, 0.05) is 13.0 Å². The fraction of sp³-hybridized carbons (Fsp3) is 0.812. The molecule has 5 heteroatoms. The van der Waals surface area contributed by atoms with E-state index in [9.17, 15) is 9.90 Å². The van der Waals surface area contributed by atoms with E-state index in [1.54, 1.807) is 6.33 Å². The Morgan fingerprint density at radius 1 is 1.48 bits per heavy atom. The van der Waals surface area contributed by atoms with Crippen LogP contribution in [0.15, 0.2) is 6.33 Å². The molecular formula is C16H27N3O2. The molecular weight excluding hydrogens is 266 g/mol. The first-order valence-corrected chi connectivity index (χ1v) is 8.07. The Morgan fingerprint density at radius 2 is 2.14 bits per heavy atom. The second-order valence-corrected chi connectivity index (χ2v) is 6.87. The van der Waals surface area contributed by atoms with E-state index in [2.05, 4.69) is 30.9 Å². The number of aromatic nitrogens is 3. The van der Waals surface area contributed by atoms with Crippen molar-refractivity contribution in [3.8, 4) is 0 Å². The lowest BCUT2D eigenvalue weighted by Crippen LogP contribution is -2.38. The van der Waals surface area contributed by atoms with Gasteiger partial charge in [0.25, 0.3) is 0 Å². The first kappa shape index (κ1) is 16.0. The van der Waals surface area contributed by atoms with Crippen LogP contribution in [0.1, 0.15) is 58.7 Å². The number of aliphatic carboxylic acids is 1. The molecule has 1 N–H and O–H groups in total. The highest BCUT2D eigenvalue weighted by molar-refractivity contribution is 5.75. The van der Waals surface area contributed by atoms with Gasteiger partial charge in [-0.05, 0) is 37.5 Å². The van der Waals surface area contributed by atoms with E-state index in [0.29, 0.717) is 18.3 Å². The summed E-state index contributed by atoms with van der Waals surface area (Å²) in [5.41, 5.74) is -0.645. The summed E-state index contributed by atoms with van der Waals surface area (Å²) in [4.78, 5) is 16.2. The van der Waals surface area contributed by atoms with E-state index in [1.807, 2.05) is 4.68 Å². The smallest absolute Gasteiger partial charge is 0.310 e. The third-order valence-corrected chi connectivity index (χ3v) is 4.82. The molecule has 0 amide bonds. The lowest BCUT2D eigenvalue weighted by molar-refractivity contribution is -0.151. The molecule has 1 aromatic rings. The van der Waals surface area contributed by atoms with E-state index in [0.717, 1.165) is 44.5 Å². The zero-order valence-electron chi connectivity index (χ0n) is 13.4. The van der Waals surface area contributed by atoms with Crippen molar-refractivity contribution in [3.63, 3.8) is 0 Å². The summed E-state index contributed by atoms with van der Waals surface area (Å²) in [5.74, 6) is 1.31. The normalized spacial score (nSPS) is 26.2. The predicted octanol–water partition coefficient (Wildman–Crippen LogP) is 3.15. The number of rotatable bonds is 6. The third-order valence-electron chi connectivity index (χ3n) is 4.82. The molecule has 0 unspecified atom stereocenters. The summed E-state index contributed by atoms with van der Waals surface area (Å²) in [6.45, 7) is 7.25. The van der Waals surface area contributed by atoms with Crippen molar-refractivity contribution in [1.82, 2.24) is 14.8 Å². The molecule has 0 aliphatic heterocycles. The Balaban J connectivity index is 2.14. The van der Waals surface area contributed by atoms with Crippen LogP contribution in [0.2, 0.25) is 0 Å². The van der Waals surface area contributed by atoms with Crippen LogP contribution < -0.4 is 0 Å². The Bertz CT molecular complexity index is 474. The largest absolute Gasteiger partial charge is 0.481 e. The van der Waals surface area contributed by atoms with Crippen molar-refractivity contribution >= 4 is 5.97 Å². The fourth-order valence-electron chi connectivity index (χ4n) is 3.33. The highest BCUT2D eigenvalue weighted by Gasteiger charge is 2.42. The summed E-state index contributed by atoms with van der Waals surface area (Å²) in [7, 11) is 0. The average molecular weight is 293 g/mol. The Kier molecular flexibility index (Phi) is 5.01. The lowest BCUT2D eigenvalue weighted by atomic mass is 9.68. The number of carbonyl (C=O) groups is 1. The van der Waals surface area contributed by atoms with Gasteiger partial charge < -0.3 is 5.11 Å². The second kappa shape index (κ2) is 6.58. The van der Waals surface area contributed by atoms with Gasteiger partial charge in [-0.25, -0.2) is 9.67 Å². The Hall–Kier alpha value is -1.39. The van der Waals surface area contributed by atoms with Crippen LogP contribution in [-0.4, -0.2) is 25.8 Å². The molecule has 1 fully saturated rings. The second-order valence-electron chi connectivity index (χ2n) is 6.87. The maximum Gasteiger partial charge on any atom is 0.310 e. The van der Waals surface area contributed by atoms with Crippen molar-refractivity contribution < 1.29 is 9.90 Å². The van der Waals surface area contributed by atoms with Crippen LogP contribution in [0.3, 0.4) is 0 Å². The minimum Gasteiger partial charge on any atom is -0.481 e. The first-order chi connectivity index (χ1) is 9.97. The summed E-state index contributed by atoms with van der Waals surface area (Å²) < 4.78 is 1.88. The number of nitrogens with zero attached hydrogens (tertiary/aromatic N) is 3. The van der Waals surface area contributed by atoms with Gasteiger partial charge in [0.2, 0.25) is 0 Å². The van der Waals surface area contributed by atoms with Crippen LogP contribution in [0.4, 0.5) is 0 Å². The number of carboxylic acids is 1. The van der Waals surface area contributed by atoms with E-state index in [1.165, 1.54) is 0 Å². The molecule has 1 aliphatic carbocycles. The van der Waals surface area contributed by atoms with Crippen LogP contribution in [0, 0.1) is 17.3 Å². The minimum absolute atomic E-state index is 0.474. The fourth-order valence-corrected chi connectivity index (χ4v) is 3.33. The van der Waals surface area contributed by atoms with Crippen LogP contribution >= 0.6 is 0 Å². The topological polar surface area (TPSA) is 68.0 Å². The van der Waals surface area contributed by atoms with Gasteiger partial charge in [-0.1, -0.05) is 27.2 Å². The molecule has 1 aliphatic rings. The standard InChI is InChI=1S/C16H27N3O2/c1-4-13-5-7-16(8-6-13,15(20)21)9-14-17-11-18-19(14)10-12(2)3/h11-13H,4-10H2,1-3H3,(H,20,21). The molecule has 0 aromatic carbocycles. The van der Waals surface area contributed by atoms with Crippen molar-refractivity contribution in [2.45, 2.75) is 65.8 Å². The van der Waals surface area contributed by atoms with Gasteiger partial charge in [0.15, 0.2) is 0 Å². The highest BCUT2D eigenvalue weighted by Crippen LogP contribution is 2.42. The maximum absolute atomic E-state index is 11.9. The highest BCUT2D eigenvalue weighted by atomic mass is 16.4. The molecule has 0 radical (unpaired) electrons. The van der Waals surface area contributed by atoms with Crippen molar-refractivity contribution in [2.24, 2.45) is 17.3 Å². The maximum atomic E-state index is 11.9. The summed E-state index contributed by atoms with van der Waals surface area (Å²) in [6.07, 6.45) is 6.75. The number of hydrogen-bond acceptors (Lipinski definition) is 3. The zero-order valence-corrected chi connectivity index (χ0v) is 13.4. The molecule has 21 heavy (non-hydrogen) atoms. The average Bonchev–Trinajstić information content (AvgIpc) is 2.85. The summed E-state index contributed by atoms with van der Waals surface area (Å²) in [6, 6.07) is 0. The molecule has 0 spiro atoms. The minimum atomic E-state index is -0.670. The quantitative estimate of drug-likeness (QED) is 0.875. The van der Waals surface area contributed by atoms with E-state index >= 15 is 0 Å². The summed E-state index contributed by atoms with van der Waals surface area (Å²) >= 11 is 0. The molecule has 0 saturated heterocycles.